The molecule has 1 aromatic heterocycles. The molecular formula is C22H22ClFN6O. The minimum Gasteiger partial charge on any atom is -0.347 e. The number of hydrogen-bond donors (Lipinski definition) is 2. The van der Waals surface area contributed by atoms with Crippen LogP contribution < -0.4 is 11.2 Å². The molecule has 160 valence electrons. The summed E-state index contributed by atoms with van der Waals surface area (Å²) < 4.78 is 16.3. The van der Waals surface area contributed by atoms with Crippen LogP contribution in [0.15, 0.2) is 64.1 Å². The topological polar surface area (TPSA) is 97.7 Å². The molecule has 3 N–H and O–H groups in total. The summed E-state index contributed by atoms with van der Waals surface area (Å²) in [6, 6.07) is 3.98. The average molecular weight is 441 g/mol. The van der Waals surface area contributed by atoms with Crippen LogP contribution in [0.3, 0.4) is 0 Å². The van der Waals surface area contributed by atoms with Crippen LogP contribution in [-0.4, -0.2) is 39.5 Å². The van der Waals surface area contributed by atoms with Crippen molar-refractivity contribution >= 4 is 29.4 Å². The van der Waals surface area contributed by atoms with Crippen molar-refractivity contribution in [3.8, 4) is 5.69 Å². The van der Waals surface area contributed by atoms with E-state index in [-0.39, 0.29) is 23.6 Å². The second-order valence-electron chi connectivity index (χ2n) is 7.58. The number of rotatable bonds is 4. The first-order valence-electron chi connectivity index (χ1n) is 9.92. The second kappa shape index (κ2) is 8.85. The highest BCUT2D eigenvalue weighted by molar-refractivity contribution is 6.38. The number of amides is 1. The van der Waals surface area contributed by atoms with Crippen molar-refractivity contribution in [1.82, 2.24) is 14.9 Å². The zero-order valence-electron chi connectivity index (χ0n) is 16.9. The molecule has 1 amide bonds. The number of hydrogen-bond acceptors (Lipinski definition) is 5. The van der Waals surface area contributed by atoms with Gasteiger partial charge in [-0.05, 0) is 38.0 Å². The summed E-state index contributed by atoms with van der Waals surface area (Å²) in [4.78, 5) is 21.1. The largest absolute Gasteiger partial charge is 0.347 e. The molecule has 0 saturated carbocycles. The van der Waals surface area contributed by atoms with E-state index in [1.54, 1.807) is 35.3 Å². The maximum Gasteiger partial charge on any atom is 0.245 e. The Kier molecular flexibility index (Phi) is 5.99. The van der Waals surface area contributed by atoms with Gasteiger partial charge in [-0.3, -0.25) is 9.79 Å². The lowest BCUT2D eigenvalue weighted by molar-refractivity contribution is -0.122. The van der Waals surface area contributed by atoms with E-state index in [0.29, 0.717) is 22.7 Å². The number of nitrogens with one attached hydrogen (secondary N) is 1. The number of fused-ring (bicyclic) bond motifs is 1. The number of aliphatic imine (C=N–C) groups is 1. The standard InChI is InChI=1S/C22H22ClFN6O/c1-13-11-30(12-27-13)21-7-3-15(9-17(21)24)20(29-25)10-26-19-5-2-14-8-16(23)4-6-18(14)28-22(19)31/h3-4,6-12,14,18-19H,2,5,25H2,1H3,(H,28,31). The average Bonchev–Trinajstić information content (AvgIpc) is 3.11. The van der Waals surface area contributed by atoms with E-state index in [2.05, 4.69) is 20.4 Å². The van der Waals surface area contributed by atoms with Crippen molar-refractivity contribution in [3.63, 3.8) is 0 Å². The van der Waals surface area contributed by atoms with Gasteiger partial charge in [-0.2, -0.15) is 5.10 Å². The lowest BCUT2D eigenvalue weighted by Crippen LogP contribution is -2.40. The van der Waals surface area contributed by atoms with Gasteiger partial charge in [-0.15, -0.1) is 0 Å². The zero-order chi connectivity index (χ0) is 22.0. The Morgan fingerprint density at radius 1 is 1.42 bits per heavy atom. The molecule has 31 heavy (non-hydrogen) atoms. The maximum absolute atomic E-state index is 14.7. The summed E-state index contributed by atoms with van der Waals surface area (Å²) >= 11 is 6.08. The van der Waals surface area contributed by atoms with Crippen LogP contribution in [0.2, 0.25) is 0 Å². The number of nitrogens with two attached hydrogens (primary N) is 1. The van der Waals surface area contributed by atoms with E-state index >= 15 is 0 Å². The van der Waals surface area contributed by atoms with E-state index in [1.807, 2.05) is 19.1 Å². The van der Waals surface area contributed by atoms with Gasteiger partial charge in [0.15, 0.2) is 0 Å². The molecule has 2 aromatic rings. The quantitative estimate of drug-likeness (QED) is 0.434. The molecule has 1 aromatic carbocycles. The van der Waals surface area contributed by atoms with E-state index in [9.17, 15) is 9.18 Å². The minimum atomic E-state index is -0.582. The molecule has 0 radical (unpaired) electrons. The third kappa shape index (κ3) is 4.59. The van der Waals surface area contributed by atoms with Gasteiger partial charge in [0.25, 0.3) is 0 Å². The third-order valence-electron chi connectivity index (χ3n) is 5.43. The summed E-state index contributed by atoms with van der Waals surface area (Å²) in [5.41, 5.74) is 1.90. The first-order valence-corrected chi connectivity index (χ1v) is 10.3. The predicted molar refractivity (Wildman–Crippen MR) is 119 cm³/mol. The number of aromatic nitrogens is 2. The van der Waals surface area contributed by atoms with Crippen LogP contribution in [0.5, 0.6) is 0 Å². The molecule has 1 saturated heterocycles. The molecule has 1 aliphatic heterocycles. The van der Waals surface area contributed by atoms with Crippen LogP contribution in [0, 0.1) is 18.7 Å². The lowest BCUT2D eigenvalue weighted by atomic mass is 9.91. The number of allylic oxidation sites excluding steroid dienone is 2. The van der Waals surface area contributed by atoms with Crippen molar-refractivity contribution in [2.45, 2.75) is 31.8 Å². The van der Waals surface area contributed by atoms with Crippen molar-refractivity contribution in [2.75, 3.05) is 0 Å². The Bertz CT molecular complexity index is 1120. The molecule has 3 unspecified atom stereocenters. The van der Waals surface area contributed by atoms with Gasteiger partial charge in [0.1, 0.15) is 17.6 Å². The van der Waals surface area contributed by atoms with Gasteiger partial charge in [0.2, 0.25) is 5.91 Å². The van der Waals surface area contributed by atoms with Gasteiger partial charge >= 0.3 is 0 Å². The number of aryl methyl sites for hydroxylation is 1. The Balaban J connectivity index is 1.50. The van der Waals surface area contributed by atoms with Crippen LogP contribution in [0.25, 0.3) is 5.69 Å². The van der Waals surface area contributed by atoms with Crippen LogP contribution in [-0.2, 0) is 4.79 Å². The van der Waals surface area contributed by atoms with Crippen molar-refractivity contribution in [2.24, 2.45) is 21.9 Å². The number of nitrogens with zero attached hydrogens (tertiary/aromatic N) is 4. The summed E-state index contributed by atoms with van der Waals surface area (Å²) in [5.74, 6) is 5.04. The van der Waals surface area contributed by atoms with Crippen LogP contribution in [0.4, 0.5) is 4.39 Å². The molecule has 3 atom stereocenters. The predicted octanol–water partition coefficient (Wildman–Crippen LogP) is 3.01. The maximum atomic E-state index is 14.7. The molecule has 1 fully saturated rings. The number of hydrazone groups is 1. The van der Waals surface area contributed by atoms with E-state index in [1.165, 1.54) is 12.3 Å². The molecule has 2 heterocycles. The summed E-state index contributed by atoms with van der Waals surface area (Å²) in [6.07, 6.45) is 11.7. The Morgan fingerprint density at radius 3 is 2.97 bits per heavy atom. The van der Waals surface area contributed by atoms with E-state index < -0.39 is 11.9 Å². The van der Waals surface area contributed by atoms with Gasteiger partial charge in [-0.1, -0.05) is 29.8 Å². The fourth-order valence-electron chi connectivity index (χ4n) is 3.78. The van der Waals surface area contributed by atoms with Crippen molar-refractivity contribution < 1.29 is 9.18 Å². The number of imidazole rings is 1. The molecule has 0 bridgehead atoms. The Morgan fingerprint density at radius 2 is 2.26 bits per heavy atom. The smallest absolute Gasteiger partial charge is 0.245 e. The number of carbonyl (C=O) groups excluding carboxylic acids is 1. The van der Waals surface area contributed by atoms with Crippen LogP contribution in [0.1, 0.15) is 24.1 Å². The lowest BCUT2D eigenvalue weighted by Gasteiger charge is -2.22. The molecule has 2 aliphatic rings. The molecule has 1 aliphatic carbocycles. The molecule has 0 spiro atoms. The van der Waals surface area contributed by atoms with E-state index in [0.717, 1.165) is 12.1 Å². The van der Waals surface area contributed by atoms with Gasteiger partial charge in [-0.25, -0.2) is 9.37 Å². The van der Waals surface area contributed by atoms with Gasteiger partial charge in [0, 0.05) is 22.7 Å². The normalized spacial score (nSPS) is 24.0. The highest BCUT2D eigenvalue weighted by Gasteiger charge is 2.30. The van der Waals surface area contributed by atoms with Crippen molar-refractivity contribution in [3.05, 3.63) is 71.1 Å². The molecular weight excluding hydrogens is 419 g/mol. The first kappa shape index (κ1) is 21.0. The minimum absolute atomic E-state index is 0.0914. The second-order valence-corrected chi connectivity index (χ2v) is 8.02. The fourth-order valence-corrected chi connectivity index (χ4v) is 4.01. The van der Waals surface area contributed by atoms with Gasteiger partial charge < -0.3 is 15.7 Å². The van der Waals surface area contributed by atoms with E-state index in [4.69, 9.17) is 17.4 Å². The Hall–Kier alpha value is -3.26. The van der Waals surface area contributed by atoms with Gasteiger partial charge in [0.05, 0.1) is 30.0 Å². The molecule has 4 rings (SSSR count). The Labute approximate surface area is 184 Å². The number of halogens is 2. The molecule has 7 nitrogen and oxygen atoms in total. The highest BCUT2D eigenvalue weighted by Crippen LogP contribution is 2.27. The number of benzene rings is 1. The summed E-state index contributed by atoms with van der Waals surface area (Å²) in [5, 5.41) is 7.39. The van der Waals surface area contributed by atoms with Crippen molar-refractivity contribution in [1.29, 1.82) is 0 Å². The first-order chi connectivity index (χ1) is 14.9. The van der Waals surface area contributed by atoms with Crippen LogP contribution >= 0.6 is 11.6 Å². The number of carbonyl (C=O) groups is 1. The monoisotopic (exact) mass is 440 g/mol. The SMILES string of the molecule is Cc1cn(-c2ccc(C(C=NC3CCC4C=C(Cl)C=CC4NC3=O)=NN)cc2F)cn1. The highest BCUT2D eigenvalue weighted by atomic mass is 35.5. The molecule has 9 heteroatoms. The summed E-state index contributed by atoms with van der Waals surface area (Å²) in [6.45, 7) is 1.83. The zero-order valence-corrected chi connectivity index (χ0v) is 17.6. The third-order valence-corrected chi connectivity index (χ3v) is 5.68. The summed E-state index contributed by atoms with van der Waals surface area (Å²) in [7, 11) is 0. The fraction of sp³-hybridized carbons (Fsp3) is 0.273.